The van der Waals surface area contributed by atoms with Gasteiger partial charge in [-0.1, -0.05) is 11.6 Å². The molecule has 1 saturated heterocycles. The van der Waals surface area contributed by atoms with Crippen molar-refractivity contribution in [2.45, 2.75) is 18.9 Å². The van der Waals surface area contributed by atoms with Crippen molar-refractivity contribution in [2.24, 2.45) is 0 Å². The summed E-state index contributed by atoms with van der Waals surface area (Å²) < 4.78 is 0. The second-order valence-corrected chi connectivity index (χ2v) is 4.58. The second kappa shape index (κ2) is 5.27. The number of amides is 2. The van der Waals surface area contributed by atoms with Gasteiger partial charge in [0.15, 0.2) is 0 Å². The average molecular weight is 283 g/mol. The standard InChI is InChI=1S/C12H11ClN2O4/c13-6-1-2-8(7(5-6)12(18)19)15-11(17)9-3-4-10(16)14-9/h1-2,5,9H,3-4H2,(H,14,16)(H,15,17)(H,18,19). The Morgan fingerprint density at radius 1 is 1.42 bits per heavy atom. The Bertz CT molecular complexity index is 559. The van der Waals surface area contributed by atoms with E-state index in [1.165, 1.54) is 18.2 Å². The van der Waals surface area contributed by atoms with Gasteiger partial charge >= 0.3 is 5.97 Å². The largest absolute Gasteiger partial charge is 0.478 e. The first-order chi connectivity index (χ1) is 8.97. The Labute approximate surface area is 113 Å². The summed E-state index contributed by atoms with van der Waals surface area (Å²) in [4.78, 5) is 33.9. The zero-order valence-electron chi connectivity index (χ0n) is 9.77. The fourth-order valence-corrected chi connectivity index (χ4v) is 2.01. The molecule has 0 radical (unpaired) electrons. The lowest BCUT2D eigenvalue weighted by molar-refractivity contribution is -0.122. The molecule has 0 saturated carbocycles. The molecule has 1 aromatic carbocycles. The maximum atomic E-state index is 11.9. The monoisotopic (exact) mass is 282 g/mol. The molecule has 1 aromatic rings. The summed E-state index contributed by atoms with van der Waals surface area (Å²) in [6.07, 6.45) is 0.700. The molecule has 0 aliphatic carbocycles. The molecule has 19 heavy (non-hydrogen) atoms. The molecule has 2 rings (SSSR count). The summed E-state index contributed by atoms with van der Waals surface area (Å²) >= 11 is 5.71. The number of hydrogen-bond donors (Lipinski definition) is 3. The molecular formula is C12H11ClN2O4. The van der Waals surface area contributed by atoms with Crippen molar-refractivity contribution in [1.82, 2.24) is 5.32 Å². The van der Waals surface area contributed by atoms with Crippen LogP contribution in [-0.2, 0) is 9.59 Å². The highest BCUT2D eigenvalue weighted by Gasteiger charge is 2.27. The van der Waals surface area contributed by atoms with Crippen molar-refractivity contribution in [3.05, 3.63) is 28.8 Å². The third-order valence-electron chi connectivity index (χ3n) is 2.78. The van der Waals surface area contributed by atoms with Gasteiger partial charge in [0.25, 0.3) is 0 Å². The van der Waals surface area contributed by atoms with Crippen LogP contribution in [0.3, 0.4) is 0 Å². The first-order valence-electron chi connectivity index (χ1n) is 5.60. The highest BCUT2D eigenvalue weighted by atomic mass is 35.5. The van der Waals surface area contributed by atoms with Crippen molar-refractivity contribution in [3.8, 4) is 0 Å². The third kappa shape index (κ3) is 3.03. The minimum Gasteiger partial charge on any atom is -0.478 e. The van der Waals surface area contributed by atoms with Crippen molar-refractivity contribution < 1.29 is 19.5 Å². The Hall–Kier alpha value is -2.08. The minimum absolute atomic E-state index is 0.0924. The van der Waals surface area contributed by atoms with Gasteiger partial charge in [0.2, 0.25) is 11.8 Å². The maximum Gasteiger partial charge on any atom is 0.337 e. The molecule has 3 N–H and O–H groups in total. The Morgan fingerprint density at radius 3 is 2.74 bits per heavy atom. The van der Waals surface area contributed by atoms with Crippen LogP contribution in [0.1, 0.15) is 23.2 Å². The van der Waals surface area contributed by atoms with Crippen LogP contribution in [0.25, 0.3) is 0 Å². The molecule has 0 bridgehead atoms. The van der Waals surface area contributed by atoms with E-state index in [4.69, 9.17) is 16.7 Å². The highest BCUT2D eigenvalue weighted by Crippen LogP contribution is 2.21. The number of carboxylic acids is 1. The van der Waals surface area contributed by atoms with Crippen molar-refractivity contribution in [3.63, 3.8) is 0 Å². The van der Waals surface area contributed by atoms with Gasteiger partial charge in [-0.3, -0.25) is 9.59 Å². The van der Waals surface area contributed by atoms with Gasteiger partial charge in [-0.2, -0.15) is 0 Å². The first-order valence-corrected chi connectivity index (χ1v) is 5.98. The third-order valence-corrected chi connectivity index (χ3v) is 3.02. The molecule has 1 aliphatic heterocycles. The molecule has 6 nitrogen and oxygen atoms in total. The SMILES string of the molecule is O=C1CCC(C(=O)Nc2ccc(Cl)cc2C(=O)O)N1. The summed E-state index contributed by atoms with van der Waals surface area (Å²) in [5, 5.41) is 14.3. The topological polar surface area (TPSA) is 95.5 Å². The van der Waals surface area contributed by atoms with Crippen molar-refractivity contribution in [1.29, 1.82) is 0 Å². The van der Waals surface area contributed by atoms with E-state index in [-0.39, 0.29) is 22.2 Å². The molecule has 1 atom stereocenters. The van der Waals surface area contributed by atoms with E-state index in [0.717, 1.165) is 0 Å². The summed E-state index contributed by atoms with van der Waals surface area (Å²) in [6.45, 7) is 0. The van der Waals surface area contributed by atoms with E-state index in [9.17, 15) is 14.4 Å². The molecule has 1 fully saturated rings. The number of anilines is 1. The van der Waals surface area contributed by atoms with Crippen LogP contribution < -0.4 is 10.6 Å². The molecule has 1 aliphatic rings. The predicted molar refractivity (Wildman–Crippen MR) is 68.2 cm³/mol. The summed E-state index contributed by atoms with van der Waals surface area (Å²) in [7, 11) is 0. The Kier molecular flexibility index (Phi) is 3.71. The number of carboxylic acid groups (broad SMARTS) is 1. The highest BCUT2D eigenvalue weighted by molar-refractivity contribution is 6.31. The van der Waals surface area contributed by atoms with E-state index in [1.807, 2.05) is 0 Å². The van der Waals surface area contributed by atoms with E-state index in [2.05, 4.69) is 10.6 Å². The van der Waals surface area contributed by atoms with Crippen LogP contribution in [0.15, 0.2) is 18.2 Å². The maximum absolute atomic E-state index is 11.9. The van der Waals surface area contributed by atoms with Gasteiger partial charge in [-0.05, 0) is 24.6 Å². The van der Waals surface area contributed by atoms with E-state index >= 15 is 0 Å². The van der Waals surface area contributed by atoms with Crippen LogP contribution in [0, 0.1) is 0 Å². The zero-order chi connectivity index (χ0) is 14.0. The lowest BCUT2D eigenvalue weighted by atomic mass is 10.1. The smallest absolute Gasteiger partial charge is 0.337 e. The normalized spacial score (nSPS) is 17.9. The summed E-state index contributed by atoms with van der Waals surface area (Å²) in [6, 6.07) is 3.54. The molecule has 2 amide bonds. The lowest BCUT2D eigenvalue weighted by Gasteiger charge is -2.12. The number of benzene rings is 1. The van der Waals surface area contributed by atoms with Gasteiger partial charge in [0, 0.05) is 11.4 Å². The zero-order valence-corrected chi connectivity index (χ0v) is 10.5. The number of aromatic carboxylic acids is 1. The van der Waals surface area contributed by atoms with Crippen molar-refractivity contribution in [2.75, 3.05) is 5.32 Å². The Balaban J connectivity index is 2.17. The van der Waals surface area contributed by atoms with Crippen LogP contribution in [0.4, 0.5) is 5.69 Å². The van der Waals surface area contributed by atoms with Crippen LogP contribution in [0.5, 0.6) is 0 Å². The predicted octanol–water partition coefficient (Wildman–Crippen LogP) is 1.26. The lowest BCUT2D eigenvalue weighted by Crippen LogP contribution is -2.37. The van der Waals surface area contributed by atoms with Gasteiger partial charge in [-0.15, -0.1) is 0 Å². The van der Waals surface area contributed by atoms with Gasteiger partial charge in [0.1, 0.15) is 6.04 Å². The number of carbonyl (C=O) groups is 3. The van der Waals surface area contributed by atoms with Crippen LogP contribution >= 0.6 is 11.6 Å². The van der Waals surface area contributed by atoms with Gasteiger partial charge in [-0.25, -0.2) is 4.79 Å². The number of rotatable bonds is 3. The number of halogens is 1. The summed E-state index contributed by atoms with van der Waals surface area (Å²) in [5.41, 5.74) is 0.0632. The molecule has 7 heteroatoms. The average Bonchev–Trinajstić information content (AvgIpc) is 2.78. The second-order valence-electron chi connectivity index (χ2n) is 4.14. The van der Waals surface area contributed by atoms with Gasteiger partial charge in [0.05, 0.1) is 11.3 Å². The van der Waals surface area contributed by atoms with Crippen LogP contribution in [0.2, 0.25) is 5.02 Å². The molecular weight excluding hydrogens is 272 g/mol. The number of hydrogen-bond acceptors (Lipinski definition) is 3. The van der Waals surface area contributed by atoms with E-state index in [0.29, 0.717) is 12.8 Å². The number of nitrogens with one attached hydrogen (secondary N) is 2. The quantitative estimate of drug-likeness (QED) is 0.777. The van der Waals surface area contributed by atoms with E-state index < -0.39 is 17.9 Å². The minimum atomic E-state index is -1.19. The molecule has 1 unspecified atom stereocenters. The van der Waals surface area contributed by atoms with E-state index in [1.54, 1.807) is 0 Å². The fraction of sp³-hybridized carbons (Fsp3) is 0.250. The molecule has 100 valence electrons. The molecule has 0 aromatic heterocycles. The number of carbonyl (C=O) groups excluding carboxylic acids is 2. The summed E-state index contributed by atoms with van der Waals surface area (Å²) in [5.74, 6) is -1.81. The van der Waals surface area contributed by atoms with Crippen molar-refractivity contribution >= 4 is 35.1 Å². The molecule has 0 spiro atoms. The first kappa shape index (κ1) is 13.4. The fourth-order valence-electron chi connectivity index (χ4n) is 1.83. The Morgan fingerprint density at radius 2 is 2.16 bits per heavy atom. The van der Waals surface area contributed by atoms with Crippen LogP contribution in [-0.4, -0.2) is 28.9 Å². The van der Waals surface area contributed by atoms with Gasteiger partial charge < -0.3 is 15.7 Å². The molecule has 1 heterocycles.